The number of phenolic OH excluding ortho intramolecular Hbond substituents is 2. The van der Waals surface area contributed by atoms with Crippen molar-refractivity contribution in [3.05, 3.63) is 41.5 Å². The van der Waals surface area contributed by atoms with Gasteiger partial charge < -0.3 is 19.7 Å². The number of benzene rings is 1. The van der Waals surface area contributed by atoms with Crippen LogP contribution in [0.25, 0.3) is 6.08 Å². The molecule has 1 aromatic rings. The predicted octanol–water partition coefficient (Wildman–Crippen LogP) is 4.56. The van der Waals surface area contributed by atoms with Crippen LogP contribution in [0.3, 0.4) is 0 Å². The molecular formula is C21H28O4. The lowest BCUT2D eigenvalue weighted by atomic mass is 9.91. The van der Waals surface area contributed by atoms with E-state index in [1.165, 1.54) is 17.7 Å². The number of hydrogen-bond donors (Lipinski definition) is 2. The molecule has 2 heterocycles. The van der Waals surface area contributed by atoms with E-state index in [4.69, 9.17) is 9.47 Å². The molecule has 0 aliphatic carbocycles. The van der Waals surface area contributed by atoms with Crippen molar-refractivity contribution in [3.8, 4) is 11.5 Å². The summed E-state index contributed by atoms with van der Waals surface area (Å²) in [4.78, 5) is 0. The van der Waals surface area contributed by atoms with Gasteiger partial charge in [0.05, 0.1) is 18.3 Å². The van der Waals surface area contributed by atoms with Gasteiger partial charge in [-0.1, -0.05) is 17.7 Å². The Hall–Kier alpha value is -1.78. The van der Waals surface area contributed by atoms with E-state index in [-0.39, 0.29) is 23.2 Å². The third-order valence-electron chi connectivity index (χ3n) is 5.31. The zero-order valence-corrected chi connectivity index (χ0v) is 15.3. The Kier molecular flexibility index (Phi) is 4.94. The van der Waals surface area contributed by atoms with Crippen LogP contribution in [-0.2, 0) is 9.47 Å². The Bertz CT molecular complexity index is 689. The van der Waals surface area contributed by atoms with Gasteiger partial charge in [-0.2, -0.15) is 0 Å². The average molecular weight is 344 g/mol. The van der Waals surface area contributed by atoms with E-state index in [1.807, 2.05) is 12.2 Å². The van der Waals surface area contributed by atoms with Gasteiger partial charge in [-0.3, -0.25) is 0 Å². The number of allylic oxidation sites excluding steroid dienone is 2. The van der Waals surface area contributed by atoms with Gasteiger partial charge in [0.1, 0.15) is 17.1 Å². The van der Waals surface area contributed by atoms with Crippen molar-refractivity contribution >= 4 is 6.08 Å². The second kappa shape index (κ2) is 6.85. The molecule has 2 N–H and O–H groups in total. The zero-order valence-electron chi connectivity index (χ0n) is 15.3. The molecule has 2 saturated heterocycles. The van der Waals surface area contributed by atoms with Gasteiger partial charge in [-0.25, -0.2) is 0 Å². The normalized spacial score (nSPS) is 31.4. The molecule has 2 aliphatic heterocycles. The molecule has 4 nitrogen and oxygen atoms in total. The number of ether oxygens (including phenoxy) is 2. The molecule has 3 atom stereocenters. The van der Waals surface area contributed by atoms with Crippen molar-refractivity contribution in [1.82, 2.24) is 0 Å². The minimum atomic E-state index is -0.432. The molecule has 136 valence electrons. The minimum Gasteiger partial charge on any atom is -0.508 e. The summed E-state index contributed by atoms with van der Waals surface area (Å²) in [6, 6.07) is 4.50. The summed E-state index contributed by atoms with van der Waals surface area (Å²) < 4.78 is 12.6. The monoisotopic (exact) mass is 344 g/mol. The molecule has 25 heavy (non-hydrogen) atoms. The molecule has 0 saturated carbocycles. The average Bonchev–Trinajstić information content (AvgIpc) is 2.94. The molecule has 1 aromatic carbocycles. The number of rotatable bonds is 5. The predicted molar refractivity (Wildman–Crippen MR) is 98.7 cm³/mol. The topological polar surface area (TPSA) is 58.9 Å². The molecule has 4 heteroatoms. The van der Waals surface area contributed by atoms with Gasteiger partial charge in [0, 0.05) is 5.56 Å². The van der Waals surface area contributed by atoms with Crippen LogP contribution in [0.4, 0.5) is 0 Å². The largest absolute Gasteiger partial charge is 0.508 e. The molecule has 0 spiro atoms. The summed E-state index contributed by atoms with van der Waals surface area (Å²) in [5.41, 5.74) is 1.24. The van der Waals surface area contributed by atoms with E-state index in [0.29, 0.717) is 12.2 Å². The van der Waals surface area contributed by atoms with E-state index < -0.39 is 5.60 Å². The maximum Gasteiger partial charge on any atom is 0.123 e. The third-order valence-corrected chi connectivity index (χ3v) is 5.31. The minimum absolute atomic E-state index is 0.0919. The quantitative estimate of drug-likeness (QED) is 0.607. The van der Waals surface area contributed by atoms with Crippen LogP contribution in [-0.4, -0.2) is 34.1 Å². The van der Waals surface area contributed by atoms with Crippen LogP contribution in [0, 0.1) is 0 Å². The summed E-state index contributed by atoms with van der Waals surface area (Å²) in [5.74, 6) is 0.273. The highest BCUT2D eigenvalue weighted by Gasteiger charge is 2.52. The number of phenols is 2. The lowest BCUT2D eigenvalue weighted by Gasteiger charge is -2.43. The molecule has 2 fully saturated rings. The third kappa shape index (κ3) is 3.91. The highest BCUT2D eigenvalue weighted by molar-refractivity contribution is 5.59. The first-order chi connectivity index (χ1) is 11.8. The standard InChI is InChI=1S/C21H28O4/c1-15(2)5-4-10-20(3)19-9-12-21(25-19,14-24-20)11-8-16-13-17(22)6-7-18(16)23/h5-8,11,13,19,22-23H,4,9-10,12,14H2,1-3H3/b11-8+/t19-,20+,21+/m0/s1. The second-order valence-electron chi connectivity index (χ2n) is 7.71. The van der Waals surface area contributed by atoms with E-state index in [2.05, 4.69) is 26.8 Å². The molecule has 0 amide bonds. The Morgan fingerprint density at radius 1 is 1.32 bits per heavy atom. The Morgan fingerprint density at radius 2 is 2.12 bits per heavy atom. The smallest absolute Gasteiger partial charge is 0.123 e. The van der Waals surface area contributed by atoms with Gasteiger partial charge in [-0.05, 0) is 70.7 Å². The van der Waals surface area contributed by atoms with Crippen molar-refractivity contribution in [2.75, 3.05) is 6.61 Å². The van der Waals surface area contributed by atoms with Crippen LogP contribution in [0.2, 0.25) is 0 Å². The molecule has 2 aliphatic rings. The van der Waals surface area contributed by atoms with E-state index >= 15 is 0 Å². The lowest BCUT2D eigenvalue weighted by Crippen LogP contribution is -2.51. The van der Waals surface area contributed by atoms with Crippen molar-refractivity contribution in [3.63, 3.8) is 0 Å². The highest BCUT2D eigenvalue weighted by Crippen LogP contribution is 2.45. The fraction of sp³-hybridized carbons (Fsp3) is 0.524. The van der Waals surface area contributed by atoms with E-state index in [1.54, 1.807) is 6.07 Å². The van der Waals surface area contributed by atoms with Crippen LogP contribution in [0.5, 0.6) is 11.5 Å². The molecule has 0 radical (unpaired) electrons. The molecule has 0 aromatic heterocycles. The number of fused-ring (bicyclic) bond motifs is 2. The maximum atomic E-state index is 9.92. The van der Waals surface area contributed by atoms with Crippen LogP contribution < -0.4 is 0 Å². The summed E-state index contributed by atoms with van der Waals surface area (Å²) in [5, 5.41) is 19.5. The summed E-state index contributed by atoms with van der Waals surface area (Å²) in [6.45, 7) is 6.90. The van der Waals surface area contributed by atoms with Gasteiger partial charge in [0.2, 0.25) is 0 Å². The summed E-state index contributed by atoms with van der Waals surface area (Å²) in [6.07, 6.45) is 9.96. The van der Waals surface area contributed by atoms with Gasteiger partial charge >= 0.3 is 0 Å². The SMILES string of the molecule is CC(C)=CCC[C@@]1(C)OC[C@@]2(/C=C/c3cc(O)ccc3O)CC[C@@H]1O2. The van der Waals surface area contributed by atoms with Gasteiger partial charge in [0.15, 0.2) is 0 Å². The summed E-state index contributed by atoms with van der Waals surface area (Å²) in [7, 11) is 0. The zero-order chi connectivity index (χ0) is 18.1. The summed E-state index contributed by atoms with van der Waals surface area (Å²) >= 11 is 0. The maximum absolute atomic E-state index is 9.92. The van der Waals surface area contributed by atoms with Crippen LogP contribution in [0.15, 0.2) is 35.9 Å². The number of aromatic hydroxyl groups is 2. The molecular weight excluding hydrogens is 316 g/mol. The first kappa shape index (κ1) is 18.0. The molecule has 2 bridgehead atoms. The Morgan fingerprint density at radius 3 is 2.88 bits per heavy atom. The van der Waals surface area contributed by atoms with Gasteiger partial charge in [-0.15, -0.1) is 0 Å². The second-order valence-corrected chi connectivity index (χ2v) is 7.71. The van der Waals surface area contributed by atoms with E-state index in [0.717, 1.165) is 25.7 Å². The first-order valence-electron chi connectivity index (χ1n) is 8.98. The van der Waals surface area contributed by atoms with E-state index in [9.17, 15) is 10.2 Å². The highest BCUT2D eigenvalue weighted by atomic mass is 16.6. The molecule has 3 rings (SSSR count). The van der Waals surface area contributed by atoms with Gasteiger partial charge in [0.25, 0.3) is 0 Å². The molecule has 0 unspecified atom stereocenters. The van der Waals surface area contributed by atoms with Crippen molar-refractivity contribution in [1.29, 1.82) is 0 Å². The fourth-order valence-corrected chi connectivity index (χ4v) is 3.66. The Labute approximate surface area is 149 Å². The first-order valence-corrected chi connectivity index (χ1v) is 8.98. The number of hydrogen-bond acceptors (Lipinski definition) is 4. The van der Waals surface area contributed by atoms with Crippen LogP contribution in [0.1, 0.15) is 52.0 Å². The lowest BCUT2D eigenvalue weighted by molar-refractivity contribution is -0.224. The van der Waals surface area contributed by atoms with Crippen molar-refractivity contribution in [2.45, 2.75) is 63.8 Å². The Balaban J connectivity index is 1.69. The van der Waals surface area contributed by atoms with Crippen molar-refractivity contribution in [2.24, 2.45) is 0 Å². The van der Waals surface area contributed by atoms with Crippen molar-refractivity contribution < 1.29 is 19.7 Å². The van der Waals surface area contributed by atoms with Crippen LogP contribution >= 0.6 is 0 Å². The fourth-order valence-electron chi connectivity index (χ4n) is 3.66.